The summed E-state index contributed by atoms with van der Waals surface area (Å²) >= 11 is 0. The molecule has 0 unspecified atom stereocenters. The van der Waals surface area contributed by atoms with Gasteiger partial charge in [0.15, 0.2) is 22.8 Å². The molecule has 4 rings (SSSR count). The van der Waals surface area contributed by atoms with Crippen LogP contribution in [0.25, 0.3) is 28.6 Å². The van der Waals surface area contributed by atoms with Crippen molar-refractivity contribution in [3.8, 4) is 11.4 Å². The van der Waals surface area contributed by atoms with E-state index in [-0.39, 0.29) is 11.6 Å². The number of aryl methyl sites for hydroxylation is 1. The largest absolute Gasteiger partial charge is 0.386 e. The van der Waals surface area contributed by atoms with E-state index in [9.17, 15) is 9.50 Å². The monoisotopic (exact) mass is 353 g/mol. The molecule has 6 nitrogen and oxygen atoms in total. The van der Waals surface area contributed by atoms with Crippen molar-refractivity contribution in [2.24, 2.45) is 0 Å². The SMILES string of the molecule is CCn1c(-c2cccc(F)c2)nc2c(N)nc(/C=C/C3(O)CCC3)nc21. The smallest absolute Gasteiger partial charge is 0.166 e. The highest BCUT2D eigenvalue weighted by molar-refractivity contribution is 5.86. The molecule has 0 saturated heterocycles. The first-order valence-electron chi connectivity index (χ1n) is 8.70. The van der Waals surface area contributed by atoms with Gasteiger partial charge in [-0.05, 0) is 50.5 Å². The normalized spacial score (nSPS) is 16.3. The Kier molecular flexibility index (Phi) is 3.96. The van der Waals surface area contributed by atoms with Crippen LogP contribution >= 0.6 is 0 Å². The second kappa shape index (κ2) is 6.17. The minimum Gasteiger partial charge on any atom is -0.386 e. The van der Waals surface area contributed by atoms with Gasteiger partial charge in [0.1, 0.15) is 11.6 Å². The number of anilines is 1. The molecule has 1 saturated carbocycles. The van der Waals surface area contributed by atoms with Crippen molar-refractivity contribution >= 4 is 23.1 Å². The summed E-state index contributed by atoms with van der Waals surface area (Å²) in [5.41, 5.74) is 7.08. The summed E-state index contributed by atoms with van der Waals surface area (Å²) in [7, 11) is 0. The van der Waals surface area contributed by atoms with Crippen LogP contribution in [0.4, 0.5) is 10.2 Å². The topological polar surface area (TPSA) is 89.9 Å². The summed E-state index contributed by atoms with van der Waals surface area (Å²) in [6, 6.07) is 6.27. The average molecular weight is 353 g/mol. The molecule has 1 aromatic carbocycles. The predicted molar refractivity (Wildman–Crippen MR) is 98.6 cm³/mol. The summed E-state index contributed by atoms with van der Waals surface area (Å²) in [6.45, 7) is 2.57. The van der Waals surface area contributed by atoms with Crippen LogP contribution in [0.3, 0.4) is 0 Å². The number of benzene rings is 1. The van der Waals surface area contributed by atoms with Gasteiger partial charge >= 0.3 is 0 Å². The van der Waals surface area contributed by atoms with Crippen molar-refractivity contribution in [3.05, 3.63) is 42.0 Å². The summed E-state index contributed by atoms with van der Waals surface area (Å²) in [6.07, 6.45) is 5.94. The number of nitrogens with zero attached hydrogens (tertiary/aromatic N) is 4. The van der Waals surface area contributed by atoms with E-state index in [0.717, 1.165) is 19.3 Å². The lowest BCUT2D eigenvalue weighted by Gasteiger charge is -2.33. The zero-order chi connectivity index (χ0) is 18.3. The molecule has 2 heterocycles. The van der Waals surface area contributed by atoms with Crippen LogP contribution in [0.5, 0.6) is 0 Å². The van der Waals surface area contributed by atoms with Crippen molar-refractivity contribution in [2.75, 3.05) is 5.73 Å². The predicted octanol–water partition coefficient (Wildman–Crippen LogP) is 3.16. The maximum absolute atomic E-state index is 13.6. The number of nitrogens with two attached hydrogens (primary N) is 1. The van der Waals surface area contributed by atoms with E-state index in [0.29, 0.717) is 34.9 Å². The number of aliphatic hydroxyl groups is 1. The van der Waals surface area contributed by atoms with Crippen LogP contribution < -0.4 is 5.73 Å². The number of hydrogen-bond acceptors (Lipinski definition) is 5. The quantitative estimate of drug-likeness (QED) is 0.752. The number of imidazole rings is 1. The van der Waals surface area contributed by atoms with Gasteiger partial charge in [-0.3, -0.25) is 0 Å². The summed E-state index contributed by atoms with van der Waals surface area (Å²) in [5.74, 6) is 0.964. The van der Waals surface area contributed by atoms with Crippen LogP contribution in [0.1, 0.15) is 32.0 Å². The Hall–Kier alpha value is -2.80. The fourth-order valence-electron chi connectivity index (χ4n) is 3.20. The Balaban J connectivity index is 1.83. The molecule has 1 aliphatic rings. The van der Waals surface area contributed by atoms with Crippen LogP contribution in [0.2, 0.25) is 0 Å². The Morgan fingerprint density at radius 1 is 1.31 bits per heavy atom. The molecule has 3 N–H and O–H groups in total. The van der Waals surface area contributed by atoms with Gasteiger partial charge in [0.25, 0.3) is 0 Å². The van der Waals surface area contributed by atoms with Crippen molar-refractivity contribution in [1.29, 1.82) is 0 Å². The van der Waals surface area contributed by atoms with Crippen molar-refractivity contribution in [3.63, 3.8) is 0 Å². The van der Waals surface area contributed by atoms with Gasteiger partial charge in [-0.25, -0.2) is 19.3 Å². The van der Waals surface area contributed by atoms with E-state index in [1.165, 1.54) is 12.1 Å². The Labute approximate surface area is 150 Å². The zero-order valence-corrected chi connectivity index (χ0v) is 14.5. The third-order valence-corrected chi connectivity index (χ3v) is 4.80. The molecule has 0 aliphatic heterocycles. The fourth-order valence-corrected chi connectivity index (χ4v) is 3.20. The maximum Gasteiger partial charge on any atom is 0.166 e. The third kappa shape index (κ3) is 2.84. The standard InChI is InChI=1S/C19H20FN5O/c1-2-25-17(12-5-3-6-13(20)11-12)24-15-16(21)22-14(23-18(15)25)7-10-19(26)8-4-9-19/h3,5-7,10-11,26H,2,4,8-9H2,1H3,(H2,21,22,23)/b10-7+. The van der Waals surface area contributed by atoms with Crippen molar-refractivity contribution < 1.29 is 9.50 Å². The number of nitrogen functional groups attached to an aromatic ring is 1. The number of fused-ring (bicyclic) bond motifs is 1. The molecule has 26 heavy (non-hydrogen) atoms. The zero-order valence-electron chi connectivity index (χ0n) is 14.5. The molecule has 0 bridgehead atoms. The van der Waals surface area contributed by atoms with Gasteiger partial charge in [-0.2, -0.15) is 0 Å². The summed E-state index contributed by atoms with van der Waals surface area (Å²) < 4.78 is 15.5. The van der Waals surface area contributed by atoms with Crippen molar-refractivity contribution in [1.82, 2.24) is 19.5 Å². The highest BCUT2D eigenvalue weighted by atomic mass is 19.1. The minimum absolute atomic E-state index is 0.264. The molecule has 0 atom stereocenters. The lowest BCUT2D eigenvalue weighted by Crippen LogP contribution is -2.33. The fraction of sp³-hybridized carbons (Fsp3) is 0.316. The van der Waals surface area contributed by atoms with Crippen LogP contribution in [0.15, 0.2) is 30.3 Å². The summed E-state index contributed by atoms with van der Waals surface area (Å²) in [5, 5.41) is 10.2. The number of hydrogen-bond donors (Lipinski definition) is 2. The molecule has 0 radical (unpaired) electrons. The van der Waals surface area contributed by atoms with Gasteiger partial charge in [0.05, 0.1) is 5.60 Å². The van der Waals surface area contributed by atoms with Gasteiger partial charge in [0, 0.05) is 12.1 Å². The van der Waals surface area contributed by atoms with Gasteiger partial charge < -0.3 is 15.4 Å². The van der Waals surface area contributed by atoms with E-state index in [1.54, 1.807) is 24.3 Å². The molecule has 7 heteroatoms. The van der Waals surface area contributed by atoms with E-state index >= 15 is 0 Å². The first-order chi connectivity index (χ1) is 12.5. The Morgan fingerprint density at radius 3 is 2.77 bits per heavy atom. The van der Waals surface area contributed by atoms with Gasteiger partial charge in [-0.1, -0.05) is 12.1 Å². The minimum atomic E-state index is -0.759. The van der Waals surface area contributed by atoms with Crippen LogP contribution in [0, 0.1) is 5.82 Å². The number of halogens is 1. The second-order valence-corrected chi connectivity index (χ2v) is 6.62. The lowest BCUT2D eigenvalue weighted by atomic mass is 9.80. The second-order valence-electron chi connectivity index (χ2n) is 6.62. The average Bonchev–Trinajstić information content (AvgIpc) is 2.97. The first kappa shape index (κ1) is 16.7. The number of aromatic nitrogens is 4. The van der Waals surface area contributed by atoms with E-state index in [2.05, 4.69) is 15.0 Å². The molecule has 2 aromatic heterocycles. The van der Waals surface area contributed by atoms with Gasteiger partial charge in [0.2, 0.25) is 0 Å². The van der Waals surface area contributed by atoms with Gasteiger partial charge in [-0.15, -0.1) is 0 Å². The summed E-state index contributed by atoms with van der Waals surface area (Å²) in [4.78, 5) is 13.4. The van der Waals surface area contributed by atoms with E-state index < -0.39 is 5.60 Å². The molecule has 0 amide bonds. The molecule has 3 aromatic rings. The van der Waals surface area contributed by atoms with E-state index in [1.807, 2.05) is 11.5 Å². The van der Waals surface area contributed by atoms with Crippen LogP contribution in [-0.4, -0.2) is 30.2 Å². The molecule has 0 spiro atoms. The van der Waals surface area contributed by atoms with Crippen molar-refractivity contribution in [2.45, 2.75) is 38.3 Å². The molecule has 134 valence electrons. The maximum atomic E-state index is 13.6. The molecular formula is C19H20FN5O. The Bertz CT molecular complexity index is 1010. The van der Waals surface area contributed by atoms with E-state index in [4.69, 9.17) is 5.73 Å². The molecule has 1 fully saturated rings. The first-order valence-corrected chi connectivity index (χ1v) is 8.70. The lowest BCUT2D eigenvalue weighted by molar-refractivity contribution is 0.0150. The highest BCUT2D eigenvalue weighted by Crippen LogP contribution is 2.33. The van der Waals surface area contributed by atoms with Crippen LogP contribution in [-0.2, 0) is 6.54 Å². The molecular weight excluding hydrogens is 333 g/mol. The third-order valence-electron chi connectivity index (χ3n) is 4.80. The Morgan fingerprint density at radius 2 is 2.12 bits per heavy atom. The molecule has 1 aliphatic carbocycles. The number of rotatable bonds is 4. The highest BCUT2D eigenvalue weighted by Gasteiger charge is 2.31.